The van der Waals surface area contributed by atoms with Crippen LogP contribution in [0.3, 0.4) is 0 Å². The second-order valence-electron chi connectivity index (χ2n) is 4.64. The van der Waals surface area contributed by atoms with Gasteiger partial charge in [-0.3, -0.25) is 4.21 Å². The first kappa shape index (κ1) is 17.6. The largest absolute Gasteiger partial charge is 0.466 e. The molecule has 1 aromatic carbocycles. The van der Waals surface area contributed by atoms with Crippen LogP contribution in [-0.2, 0) is 20.3 Å². The van der Waals surface area contributed by atoms with Gasteiger partial charge in [0.25, 0.3) is 0 Å². The highest BCUT2D eigenvalue weighted by Gasteiger charge is 2.22. The van der Waals surface area contributed by atoms with Gasteiger partial charge >= 0.3 is 5.97 Å². The Morgan fingerprint density at radius 1 is 1.33 bits per heavy atom. The number of carbonyl (C=O) groups excluding carboxylic acids is 1. The first-order valence-electron chi connectivity index (χ1n) is 6.68. The molecule has 0 radical (unpaired) electrons. The number of esters is 1. The van der Waals surface area contributed by atoms with Crippen LogP contribution in [0.5, 0.6) is 0 Å². The molecule has 116 valence electrons. The highest BCUT2D eigenvalue weighted by atomic mass is 32.2. The molecule has 2 rings (SSSR count). The molecule has 21 heavy (non-hydrogen) atoms. The molecule has 4 nitrogen and oxygen atoms in total. The Balaban J connectivity index is 0.00000220. The molecule has 1 aliphatic heterocycles. The van der Waals surface area contributed by atoms with Gasteiger partial charge in [-0.25, -0.2) is 4.79 Å². The van der Waals surface area contributed by atoms with Gasteiger partial charge < -0.3 is 10.1 Å². The molecule has 0 aliphatic carbocycles. The van der Waals surface area contributed by atoms with E-state index < -0.39 is 16.8 Å². The molecule has 0 aromatic heterocycles. The Kier molecular flexibility index (Phi) is 7.32. The smallest absolute Gasteiger partial charge is 0.330 e. The summed E-state index contributed by atoms with van der Waals surface area (Å²) in [5.74, 6) is -0.410. The number of carbonyl (C=O) groups is 1. The number of rotatable bonds is 4. The van der Waals surface area contributed by atoms with Crippen molar-refractivity contribution in [3.8, 4) is 0 Å². The summed E-state index contributed by atoms with van der Waals surface area (Å²) < 4.78 is 17.2. The van der Waals surface area contributed by atoms with Crippen molar-refractivity contribution in [2.75, 3.05) is 20.2 Å². The van der Waals surface area contributed by atoms with Crippen molar-refractivity contribution in [2.24, 2.45) is 0 Å². The lowest BCUT2D eigenvalue weighted by Gasteiger charge is -2.22. The fraction of sp³-hybridized carbons (Fsp3) is 0.438. The lowest BCUT2D eigenvalue weighted by atomic mass is 10.2. The third kappa shape index (κ3) is 4.79. The Bertz CT molecular complexity index is 522. The van der Waals surface area contributed by atoms with Crippen LogP contribution >= 0.6 is 0 Å². The van der Waals surface area contributed by atoms with E-state index in [9.17, 15) is 9.00 Å². The minimum absolute atomic E-state index is 0. The maximum Gasteiger partial charge on any atom is 0.330 e. The van der Waals surface area contributed by atoms with Crippen LogP contribution in [0.2, 0.25) is 0 Å². The number of hydrogen-bond acceptors (Lipinski definition) is 4. The molecule has 0 bridgehead atoms. The summed E-state index contributed by atoms with van der Waals surface area (Å²) in [4.78, 5) is 12.0. The molecule has 1 saturated heterocycles. The van der Waals surface area contributed by atoms with Gasteiger partial charge in [0.15, 0.2) is 0 Å². The normalized spacial score (nSPS) is 17.2. The zero-order valence-electron chi connectivity index (χ0n) is 11.5. The zero-order valence-corrected chi connectivity index (χ0v) is 12.3. The van der Waals surface area contributed by atoms with Gasteiger partial charge in [-0.2, -0.15) is 0 Å². The van der Waals surface area contributed by atoms with Gasteiger partial charge in [-0.05, 0) is 43.6 Å². The van der Waals surface area contributed by atoms with Gasteiger partial charge in [0.2, 0.25) is 0 Å². The predicted octanol–water partition coefficient (Wildman–Crippen LogP) is 2.37. The van der Waals surface area contributed by atoms with Crippen LogP contribution in [0.15, 0.2) is 35.2 Å². The summed E-state index contributed by atoms with van der Waals surface area (Å²) >= 11 is 0. The van der Waals surface area contributed by atoms with Crippen molar-refractivity contribution in [1.29, 1.82) is 0 Å². The average molecular weight is 309 g/mol. The van der Waals surface area contributed by atoms with Gasteiger partial charge in [0.1, 0.15) is 0 Å². The van der Waals surface area contributed by atoms with E-state index in [-0.39, 0.29) is 12.7 Å². The molecule has 0 spiro atoms. The monoisotopic (exact) mass is 309 g/mol. The van der Waals surface area contributed by atoms with Gasteiger partial charge in [-0.1, -0.05) is 25.6 Å². The lowest BCUT2D eigenvalue weighted by Crippen LogP contribution is -2.33. The van der Waals surface area contributed by atoms with Crippen molar-refractivity contribution in [3.05, 3.63) is 35.9 Å². The Labute approximate surface area is 129 Å². The first-order valence-corrected chi connectivity index (χ1v) is 7.90. The van der Waals surface area contributed by atoms with Gasteiger partial charge in [0, 0.05) is 16.2 Å². The predicted molar refractivity (Wildman–Crippen MR) is 86.5 cm³/mol. The highest BCUT2D eigenvalue weighted by molar-refractivity contribution is 7.85. The molecule has 1 N–H and O–H groups in total. The zero-order chi connectivity index (χ0) is 14.4. The molecule has 0 saturated carbocycles. The molecule has 1 aliphatic rings. The van der Waals surface area contributed by atoms with E-state index in [1.807, 2.05) is 24.3 Å². The number of methoxy groups -OCH3 is 1. The fourth-order valence-corrected chi connectivity index (χ4v) is 3.82. The van der Waals surface area contributed by atoms with Crippen molar-refractivity contribution in [1.82, 2.24) is 5.32 Å². The number of nitrogens with one attached hydrogen (secondary N) is 1. The number of benzene rings is 1. The Morgan fingerprint density at radius 2 is 2.00 bits per heavy atom. The third-order valence-corrected chi connectivity index (χ3v) is 5.21. The molecular formula is C16H23NO3S. The van der Waals surface area contributed by atoms with E-state index in [2.05, 4.69) is 10.1 Å². The van der Waals surface area contributed by atoms with Crippen molar-refractivity contribution in [3.63, 3.8) is 0 Å². The maximum absolute atomic E-state index is 12.7. The van der Waals surface area contributed by atoms with Crippen LogP contribution in [0.25, 0.3) is 6.08 Å². The molecular weight excluding hydrogens is 286 g/mol. The molecule has 1 fully saturated rings. The van der Waals surface area contributed by atoms with E-state index in [1.165, 1.54) is 13.2 Å². The van der Waals surface area contributed by atoms with Crippen LogP contribution in [-0.4, -0.2) is 35.6 Å². The van der Waals surface area contributed by atoms with Gasteiger partial charge in [0.05, 0.1) is 17.9 Å². The fourth-order valence-electron chi connectivity index (χ4n) is 2.22. The lowest BCUT2D eigenvalue weighted by molar-refractivity contribution is -0.134. The van der Waals surface area contributed by atoms with Crippen molar-refractivity contribution >= 4 is 22.8 Å². The molecule has 1 heterocycles. The summed E-state index contributed by atoms with van der Waals surface area (Å²) in [6.45, 7) is 1.83. The summed E-state index contributed by atoms with van der Waals surface area (Å²) in [6.07, 6.45) is 4.86. The van der Waals surface area contributed by atoms with E-state index in [1.54, 1.807) is 6.08 Å². The number of hydrogen-bond donors (Lipinski definition) is 1. The maximum atomic E-state index is 12.7. The van der Waals surface area contributed by atoms with E-state index in [0.717, 1.165) is 36.4 Å². The SMILES string of the molecule is C.COC(=O)/C=C/c1ccccc1S(=O)C1CCNCC1. The van der Waals surface area contributed by atoms with Crippen LogP contribution in [0.4, 0.5) is 0 Å². The summed E-state index contributed by atoms with van der Waals surface area (Å²) in [5, 5.41) is 3.46. The minimum atomic E-state index is -1.04. The molecule has 5 heteroatoms. The third-order valence-electron chi connectivity index (χ3n) is 3.32. The van der Waals surface area contributed by atoms with Gasteiger partial charge in [-0.15, -0.1) is 0 Å². The topological polar surface area (TPSA) is 55.4 Å². The molecule has 1 aromatic rings. The second kappa shape index (κ2) is 8.74. The highest BCUT2D eigenvalue weighted by Crippen LogP contribution is 2.22. The van der Waals surface area contributed by atoms with Crippen LogP contribution in [0, 0.1) is 0 Å². The quantitative estimate of drug-likeness (QED) is 0.685. The second-order valence-corrected chi connectivity index (χ2v) is 6.34. The van der Waals surface area contributed by atoms with Crippen molar-refractivity contribution < 1.29 is 13.7 Å². The molecule has 1 unspecified atom stereocenters. The van der Waals surface area contributed by atoms with E-state index in [0.29, 0.717) is 0 Å². The van der Waals surface area contributed by atoms with Crippen molar-refractivity contribution in [2.45, 2.75) is 30.4 Å². The summed E-state index contributed by atoms with van der Waals surface area (Å²) in [6, 6.07) is 7.49. The average Bonchev–Trinajstić information content (AvgIpc) is 2.53. The summed E-state index contributed by atoms with van der Waals surface area (Å²) in [5.41, 5.74) is 0.815. The number of ether oxygens (including phenoxy) is 1. The first-order chi connectivity index (χ1) is 9.72. The molecule has 1 atom stereocenters. The van der Waals surface area contributed by atoms with Crippen LogP contribution < -0.4 is 5.32 Å². The van der Waals surface area contributed by atoms with E-state index >= 15 is 0 Å². The van der Waals surface area contributed by atoms with E-state index in [4.69, 9.17) is 0 Å². The minimum Gasteiger partial charge on any atom is -0.466 e. The summed E-state index contributed by atoms with van der Waals surface area (Å²) in [7, 11) is 0.298. The standard InChI is InChI=1S/C15H19NO3S.CH4/c1-19-15(17)7-6-12-4-2-3-5-14(12)20(18)13-8-10-16-11-9-13;/h2-7,13,16H,8-11H2,1H3;1H4/b7-6+;. The Morgan fingerprint density at radius 3 is 2.67 bits per heavy atom. The molecule has 0 amide bonds. The Hall–Kier alpha value is -1.46. The number of piperidine rings is 1. The van der Waals surface area contributed by atoms with Crippen LogP contribution in [0.1, 0.15) is 25.8 Å².